The van der Waals surface area contributed by atoms with Crippen LogP contribution >= 0.6 is 35.3 Å². The molecule has 121 heavy (non-hydrogen) atoms. The Bertz CT molecular complexity index is 4270. The number of amides is 13. The molecule has 3 aliphatic rings. The molecular formula is C78H107N19O21S3. The second-order valence-corrected chi connectivity index (χ2v) is 32.4. The maximum Gasteiger partial charge on any atom is 0.305 e. The van der Waals surface area contributed by atoms with Crippen LogP contribution in [0.15, 0.2) is 97.5 Å². The summed E-state index contributed by atoms with van der Waals surface area (Å²) >= 11 is 3.82. The van der Waals surface area contributed by atoms with Crippen LogP contribution in [0.5, 0.6) is 0 Å². The number of carbonyl (C=O) groups is 16. The van der Waals surface area contributed by atoms with Crippen molar-refractivity contribution in [2.24, 2.45) is 11.5 Å². The zero-order valence-electron chi connectivity index (χ0n) is 66.9. The third-order valence-corrected chi connectivity index (χ3v) is 22.8. The maximum absolute atomic E-state index is 15.3. The summed E-state index contributed by atoms with van der Waals surface area (Å²) in [6, 6.07) is 2.91. The Morgan fingerprint density at radius 3 is 1.80 bits per heavy atom. The third kappa shape index (κ3) is 31.6. The Balaban J connectivity index is 1.25. The number of primary amides is 1. The van der Waals surface area contributed by atoms with Gasteiger partial charge in [0.2, 0.25) is 76.8 Å². The number of hydrogen-bond donors (Lipinski definition) is 21. The SMILES string of the molecule is CSCC[C@H](NC(C)=O)C(=O)N[C@H]1CSCc2cccc(c2)CSC[C@@H](C(=O)NC(CC(=O)O)C(=O)N[C@@H](Cc2c[nH]cn2)C(=O)N[C@H](Cc2ccccc2)C(=O)N[C@@H](CCCNC(=N)N)C(=O)N[C@@H](CC(=O)O)C(N)=O)NC(=O)[C@H](Cc2ccccc2)NC(=O)[C@H](CCC(=O)O)NC(=O)[C@H]([C@@H](C)O)NC(=O)[C@@H]2CCCN2C(=O)[C@@H]2CCCN2C1O. The van der Waals surface area contributed by atoms with Gasteiger partial charge in [0, 0.05) is 81.4 Å². The topological polar surface area (TPSA) is 630 Å². The Labute approximate surface area is 709 Å². The van der Waals surface area contributed by atoms with E-state index >= 15 is 9.59 Å². The Morgan fingerprint density at radius 2 is 1.20 bits per heavy atom. The molecule has 0 aliphatic carbocycles. The van der Waals surface area contributed by atoms with Crippen molar-refractivity contribution in [3.05, 3.63) is 125 Å². The summed E-state index contributed by atoms with van der Waals surface area (Å²) in [6.45, 7) is 2.66. The largest absolute Gasteiger partial charge is 0.481 e. The zero-order valence-corrected chi connectivity index (χ0v) is 69.4. The number of carboxylic acid groups (broad SMARTS) is 3. The Morgan fingerprint density at radius 1 is 0.628 bits per heavy atom. The van der Waals surface area contributed by atoms with Gasteiger partial charge in [-0.2, -0.15) is 35.3 Å². The number of fused-ring (bicyclic) bond motifs is 4. The average Bonchev–Trinajstić information content (AvgIpc) is 1.67. The van der Waals surface area contributed by atoms with E-state index in [2.05, 4.69) is 73.8 Å². The van der Waals surface area contributed by atoms with Crippen LogP contribution in [0.25, 0.3) is 0 Å². The number of nitrogens with two attached hydrogens (primary N) is 2. The number of aromatic nitrogens is 2. The molecule has 13 amide bonds. The van der Waals surface area contributed by atoms with Crippen LogP contribution in [0.3, 0.4) is 0 Å². The van der Waals surface area contributed by atoms with Crippen molar-refractivity contribution in [2.75, 3.05) is 43.1 Å². The summed E-state index contributed by atoms with van der Waals surface area (Å²) in [5, 5.41) is 91.7. The summed E-state index contributed by atoms with van der Waals surface area (Å²) in [4.78, 5) is 233. The molecule has 2 unspecified atom stereocenters. The van der Waals surface area contributed by atoms with E-state index in [0.717, 1.165) is 24.2 Å². The standard InChI is InChI=1S/C78H107N19O21S3/c1-42(98)64-75(116)87-50(23-24-61(100)101)67(108)89-54(32-45-16-8-5-9-17-45)70(111)93-57(39-120-37-46-18-10-19-47(30-46)38-121-40-58(94-68(109)51(25-29-119-3)85-43(2)99)76(117)97-28-13-22-60(97)77(118)96-27-12-21-59(96)74(115)95-64)73(114)92-56(35-63(104)105)72(113)91-55(33-48-36-82-41-84-48)71(112)90-53(31-44-14-6-4-7-15-44)69(110)86-49(20-11-26-83-78(80)81)66(107)88-52(65(79)106)34-62(102)103/h4-10,14-19,30,36,41-42,49-60,64,76,98,117H,11-13,20-29,31-35,37-40H2,1-3H3,(H2,79,106)(H,82,84)(H,85,99)(H,86,110)(H,87,116)(H,88,107)(H,89,108)(H,90,112)(H,91,113)(H,92,114)(H,93,111)(H,94,109)(H,95,115)(H,100,101)(H,102,103)(H,104,105)(H4,80,81,83)/t42-,49+,50+,51+,52+,53-,54+,55+,56?,57+,58+,59+,60+,64+,76?/m1/s1. The van der Waals surface area contributed by atoms with Gasteiger partial charge in [-0.3, -0.25) is 87.0 Å². The number of nitrogens with zero attached hydrogens (tertiary/aromatic N) is 3. The van der Waals surface area contributed by atoms with Gasteiger partial charge in [0.25, 0.3) is 0 Å². The molecule has 3 aromatic carbocycles. The minimum atomic E-state index is -2.11. The number of aliphatic hydroxyl groups excluding tert-OH is 2. The summed E-state index contributed by atoms with van der Waals surface area (Å²) in [7, 11) is 0. The first-order valence-corrected chi connectivity index (χ1v) is 42.9. The van der Waals surface area contributed by atoms with Crippen LogP contribution in [-0.4, -0.2) is 280 Å². The monoisotopic (exact) mass is 1740 g/mol. The maximum atomic E-state index is 15.3. The number of H-pyrrole nitrogens is 1. The molecule has 4 heterocycles. The molecule has 2 fully saturated rings. The third-order valence-electron chi connectivity index (χ3n) is 19.9. The number of thioether (sulfide) groups is 3. The minimum Gasteiger partial charge on any atom is -0.481 e. The number of benzene rings is 3. The number of aliphatic hydroxyl groups is 2. The smallest absolute Gasteiger partial charge is 0.305 e. The van der Waals surface area contributed by atoms with E-state index in [9.17, 15) is 92.7 Å². The molecule has 23 N–H and O–H groups in total. The first kappa shape index (κ1) is 96.7. The molecule has 4 aromatic rings. The molecule has 40 nitrogen and oxygen atoms in total. The number of nitrogens with one attached hydrogen (secondary N) is 14. The lowest BCUT2D eigenvalue weighted by Gasteiger charge is -2.37. The number of imidazole rings is 1. The lowest BCUT2D eigenvalue weighted by molar-refractivity contribution is -0.147. The van der Waals surface area contributed by atoms with Gasteiger partial charge in [-0.25, -0.2) is 4.98 Å². The highest BCUT2D eigenvalue weighted by molar-refractivity contribution is 7.99. The molecule has 0 saturated carbocycles. The van der Waals surface area contributed by atoms with Gasteiger partial charge in [-0.15, -0.1) is 0 Å². The molecule has 2 bridgehead atoms. The van der Waals surface area contributed by atoms with Crippen molar-refractivity contribution in [1.29, 1.82) is 5.41 Å². The normalized spacial score (nSPS) is 21.4. The highest BCUT2D eigenvalue weighted by atomic mass is 32.2. The van der Waals surface area contributed by atoms with E-state index in [4.69, 9.17) is 16.9 Å². The van der Waals surface area contributed by atoms with E-state index in [-0.39, 0.29) is 93.3 Å². The van der Waals surface area contributed by atoms with Gasteiger partial charge in [0.1, 0.15) is 72.7 Å². The summed E-state index contributed by atoms with van der Waals surface area (Å²) < 4.78 is 0. The van der Waals surface area contributed by atoms with E-state index in [1.807, 2.05) is 18.4 Å². The quantitative estimate of drug-likeness (QED) is 0.0120. The van der Waals surface area contributed by atoms with Gasteiger partial charge in [-0.05, 0) is 92.6 Å². The van der Waals surface area contributed by atoms with E-state index in [1.165, 1.54) is 47.9 Å². The van der Waals surface area contributed by atoms with Gasteiger partial charge in [0.15, 0.2) is 5.96 Å². The number of guanidine groups is 1. The van der Waals surface area contributed by atoms with Crippen LogP contribution in [-0.2, 0) is 107 Å². The van der Waals surface area contributed by atoms with Crippen molar-refractivity contribution < 1.29 is 102 Å². The van der Waals surface area contributed by atoms with Crippen molar-refractivity contribution in [2.45, 2.75) is 206 Å². The van der Waals surface area contributed by atoms with Gasteiger partial charge in [-0.1, -0.05) is 84.9 Å². The Hall–Kier alpha value is -11.4. The minimum absolute atomic E-state index is 0.0102. The second kappa shape index (κ2) is 48.7. The van der Waals surface area contributed by atoms with Crippen LogP contribution in [0.1, 0.15) is 112 Å². The first-order valence-electron chi connectivity index (χ1n) is 39.2. The van der Waals surface area contributed by atoms with E-state index in [1.54, 1.807) is 77.7 Å². The van der Waals surface area contributed by atoms with Gasteiger partial charge >= 0.3 is 17.9 Å². The average molecular weight is 1740 g/mol. The highest BCUT2D eigenvalue weighted by Crippen LogP contribution is 2.29. The number of carboxylic acids is 3. The first-order chi connectivity index (χ1) is 57.7. The highest BCUT2D eigenvalue weighted by Gasteiger charge is 2.46. The number of rotatable bonds is 35. The fourth-order valence-electron chi connectivity index (χ4n) is 13.8. The number of aliphatic carboxylic acids is 3. The summed E-state index contributed by atoms with van der Waals surface area (Å²) in [5.41, 5.74) is 13.2. The lowest BCUT2D eigenvalue weighted by Crippen LogP contribution is -2.62. The van der Waals surface area contributed by atoms with Crippen LogP contribution in [0.4, 0.5) is 0 Å². The molecule has 3 aliphatic heterocycles. The molecule has 7 rings (SSSR count). The molecule has 43 heteroatoms. The summed E-state index contributed by atoms with van der Waals surface area (Å²) in [5.74, 6) is -17.5. The van der Waals surface area contributed by atoms with Crippen molar-refractivity contribution >= 4 is 136 Å². The molecule has 1 aromatic heterocycles. The fraction of sp³-hybridized carbons (Fsp3) is 0.513. The van der Waals surface area contributed by atoms with Gasteiger partial charge in [0.05, 0.1) is 43.1 Å². The molecular weight excluding hydrogens is 1640 g/mol. The predicted molar refractivity (Wildman–Crippen MR) is 443 cm³/mol. The molecule has 15 atom stereocenters. The molecule has 0 spiro atoms. The van der Waals surface area contributed by atoms with Gasteiger partial charge < -0.3 is 111 Å². The fourth-order valence-corrected chi connectivity index (χ4v) is 16.3. The second-order valence-electron chi connectivity index (χ2n) is 29.4. The zero-order chi connectivity index (χ0) is 88.4. The number of hydrogen-bond acceptors (Lipinski definition) is 24. The molecule has 658 valence electrons. The van der Waals surface area contributed by atoms with E-state index in [0.29, 0.717) is 35.3 Å². The number of aromatic amines is 1. The van der Waals surface area contributed by atoms with Crippen molar-refractivity contribution in [3.8, 4) is 0 Å². The lowest BCUT2D eigenvalue weighted by atomic mass is 10.0. The van der Waals surface area contributed by atoms with Crippen LogP contribution in [0.2, 0.25) is 0 Å². The Kier molecular flexibility index (Phi) is 39.0. The molecule has 2 saturated heterocycles. The number of carbonyl (C=O) groups excluding carboxylic acids is 13. The van der Waals surface area contributed by atoms with Crippen molar-refractivity contribution in [3.63, 3.8) is 0 Å². The van der Waals surface area contributed by atoms with Crippen LogP contribution in [0, 0.1) is 5.41 Å². The van der Waals surface area contributed by atoms with Crippen LogP contribution < -0.4 is 75.3 Å². The predicted octanol–water partition coefficient (Wildman–Crippen LogP) is -3.56. The summed E-state index contributed by atoms with van der Waals surface area (Å²) in [6.07, 6.45) is -2.41. The van der Waals surface area contributed by atoms with Crippen molar-refractivity contribution in [1.82, 2.24) is 83.6 Å². The molecule has 0 radical (unpaired) electrons. The van der Waals surface area contributed by atoms with E-state index < -0.39 is 224 Å².